The lowest BCUT2D eigenvalue weighted by molar-refractivity contribution is -0.118. The van der Waals surface area contributed by atoms with E-state index >= 15 is 0 Å². The first-order valence-electron chi connectivity index (χ1n) is 10.7. The fraction of sp³-hybridized carbons (Fsp3) is 0.148. The Labute approximate surface area is 198 Å². The highest BCUT2D eigenvalue weighted by molar-refractivity contribution is 7.99. The number of ether oxygens (including phenoxy) is 1. The molecule has 166 valence electrons. The van der Waals surface area contributed by atoms with E-state index in [0.29, 0.717) is 12.3 Å². The number of hydrogen-bond donors (Lipinski definition) is 1. The monoisotopic (exact) mass is 455 g/mol. The van der Waals surface area contributed by atoms with Crippen LogP contribution in [-0.4, -0.2) is 35.5 Å². The largest absolute Gasteiger partial charge is 0.497 e. The van der Waals surface area contributed by atoms with Gasteiger partial charge in [0, 0.05) is 12.1 Å². The second kappa shape index (κ2) is 11.3. The van der Waals surface area contributed by atoms with E-state index in [-0.39, 0.29) is 5.91 Å². The Morgan fingerprint density at radius 1 is 0.818 bits per heavy atom. The van der Waals surface area contributed by atoms with Crippen molar-refractivity contribution in [1.29, 1.82) is 0 Å². The van der Waals surface area contributed by atoms with Gasteiger partial charge in [-0.2, -0.15) is 0 Å². The third-order valence-corrected chi connectivity index (χ3v) is 6.09. The molecule has 5 nitrogen and oxygen atoms in total. The van der Waals surface area contributed by atoms with Crippen LogP contribution in [-0.2, 0) is 11.2 Å². The van der Waals surface area contributed by atoms with Gasteiger partial charge in [0.1, 0.15) is 10.8 Å². The van der Waals surface area contributed by atoms with Gasteiger partial charge in [0.2, 0.25) is 5.91 Å². The van der Waals surface area contributed by atoms with E-state index in [9.17, 15) is 4.79 Å². The third-order valence-electron chi connectivity index (χ3n) is 5.17. The van der Waals surface area contributed by atoms with Crippen molar-refractivity contribution >= 4 is 17.7 Å². The van der Waals surface area contributed by atoms with E-state index in [1.54, 1.807) is 7.11 Å². The summed E-state index contributed by atoms with van der Waals surface area (Å²) in [5.74, 6) is 1.12. The number of aromatic nitrogens is 2. The van der Waals surface area contributed by atoms with Crippen LogP contribution in [0.25, 0.3) is 22.4 Å². The maximum absolute atomic E-state index is 12.1. The summed E-state index contributed by atoms with van der Waals surface area (Å²) in [6, 6.07) is 30.3. The van der Waals surface area contributed by atoms with Crippen molar-refractivity contribution in [3.8, 4) is 28.1 Å². The van der Waals surface area contributed by atoms with Gasteiger partial charge in [-0.25, -0.2) is 0 Å². The minimum absolute atomic E-state index is 0.0177. The van der Waals surface area contributed by atoms with E-state index in [1.807, 2.05) is 54.6 Å². The number of amides is 1. The second-order valence-corrected chi connectivity index (χ2v) is 8.43. The molecule has 0 aliphatic heterocycles. The highest BCUT2D eigenvalue weighted by atomic mass is 32.2. The molecule has 4 rings (SSSR count). The number of thioether (sulfide) groups is 1. The number of methoxy groups -OCH3 is 1. The van der Waals surface area contributed by atoms with Crippen molar-refractivity contribution in [1.82, 2.24) is 15.5 Å². The summed E-state index contributed by atoms with van der Waals surface area (Å²) in [6.07, 6.45) is 0.776. The molecule has 0 fully saturated rings. The molecule has 1 amide bonds. The zero-order valence-corrected chi connectivity index (χ0v) is 19.2. The van der Waals surface area contributed by atoms with Gasteiger partial charge in [0.25, 0.3) is 0 Å². The fourth-order valence-electron chi connectivity index (χ4n) is 3.34. The summed E-state index contributed by atoms with van der Waals surface area (Å²) < 4.78 is 5.16. The Morgan fingerprint density at radius 2 is 1.52 bits per heavy atom. The smallest absolute Gasteiger partial charge is 0.230 e. The van der Waals surface area contributed by atoms with Crippen LogP contribution in [0.5, 0.6) is 5.75 Å². The van der Waals surface area contributed by atoms with Gasteiger partial charge >= 0.3 is 0 Å². The number of nitrogens with zero attached hydrogens (tertiary/aromatic N) is 2. The molecule has 4 aromatic rings. The normalized spacial score (nSPS) is 10.6. The number of benzene rings is 3. The van der Waals surface area contributed by atoms with Crippen molar-refractivity contribution < 1.29 is 9.53 Å². The molecular weight excluding hydrogens is 430 g/mol. The quantitative estimate of drug-likeness (QED) is 0.348. The lowest BCUT2D eigenvalue weighted by atomic mass is 10.0. The first kappa shape index (κ1) is 22.6. The van der Waals surface area contributed by atoms with Gasteiger partial charge in [-0.15, -0.1) is 10.2 Å². The standard InChI is InChI=1S/C27H25N3O2S/c1-32-24-13-7-20(8-14-24)17-18-28-26(31)19-33-27-16-15-25(29-30-27)23-11-9-22(10-12-23)21-5-3-2-4-6-21/h2-16H,17-19H2,1H3,(H,28,31). The van der Waals surface area contributed by atoms with E-state index in [1.165, 1.54) is 17.3 Å². The molecule has 0 atom stereocenters. The minimum atomic E-state index is -0.0177. The number of nitrogens with one attached hydrogen (secondary N) is 1. The molecule has 33 heavy (non-hydrogen) atoms. The van der Waals surface area contributed by atoms with Crippen LogP contribution >= 0.6 is 11.8 Å². The van der Waals surface area contributed by atoms with Crippen LogP contribution < -0.4 is 10.1 Å². The predicted octanol–water partition coefficient (Wildman–Crippen LogP) is 5.27. The van der Waals surface area contributed by atoms with Gasteiger partial charge in [-0.1, -0.05) is 78.5 Å². The average Bonchev–Trinajstić information content (AvgIpc) is 2.89. The van der Waals surface area contributed by atoms with Crippen molar-refractivity contribution in [2.75, 3.05) is 19.4 Å². The molecule has 0 unspecified atom stereocenters. The van der Waals surface area contributed by atoms with Crippen LogP contribution in [0.4, 0.5) is 0 Å². The Morgan fingerprint density at radius 3 is 2.18 bits per heavy atom. The predicted molar refractivity (Wildman–Crippen MR) is 133 cm³/mol. The highest BCUT2D eigenvalue weighted by Gasteiger charge is 2.06. The van der Waals surface area contributed by atoms with Gasteiger partial charge in [0.15, 0.2) is 0 Å². The average molecular weight is 456 g/mol. The van der Waals surface area contributed by atoms with E-state index in [2.05, 4.69) is 51.9 Å². The lowest BCUT2D eigenvalue weighted by Crippen LogP contribution is -2.27. The Balaban J connectivity index is 1.24. The number of rotatable bonds is 9. The molecule has 3 aromatic carbocycles. The van der Waals surface area contributed by atoms with E-state index < -0.39 is 0 Å². The summed E-state index contributed by atoms with van der Waals surface area (Å²) >= 11 is 1.38. The fourth-order valence-corrected chi connectivity index (χ4v) is 3.99. The minimum Gasteiger partial charge on any atom is -0.497 e. The molecule has 0 saturated carbocycles. The zero-order chi connectivity index (χ0) is 22.9. The first-order valence-corrected chi connectivity index (χ1v) is 11.7. The summed E-state index contributed by atoms with van der Waals surface area (Å²) in [7, 11) is 1.65. The molecule has 0 bridgehead atoms. The Bertz CT molecular complexity index is 1160. The summed E-state index contributed by atoms with van der Waals surface area (Å²) in [4.78, 5) is 12.1. The van der Waals surface area contributed by atoms with Crippen molar-refractivity contribution in [2.24, 2.45) is 0 Å². The molecule has 0 aliphatic carbocycles. The molecule has 0 saturated heterocycles. The topological polar surface area (TPSA) is 64.1 Å². The van der Waals surface area contributed by atoms with Gasteiger partial charge < -0.3 is 10.1 Å². The lowest BCUT2D eigenvalue weighted by Gasteiger charge is -2.07. The molecule has 0 radical (unpaired) electrons. The number of hydrogen-bond acceptors (Lipinski definition) is 5. The SMILES string of the molecule is COc1ccc(CCNC(=O)CSc2ccc(-c3ccc(-c4ccccc4)cc3)nn2)cc1. The summed E-state index contributed by atoms with van der Waals surface area (Å²) in [6.45, 7) is 0.593. The highest BCUT2D eigenvalue weighted by Crippen LogP contribution is 2.24. The maximum Gasteiger partial charge on any atom is 0.230 e. The van der Waals surface area contributed by atoms with Crippen LogP contribution in [0.1, 0.15) is 5.56 Å². The molecule has 0 aliphatic rings. The van der Waals surface area contributed by atoms with E-state index in [4.69, 9.17) is 4.74 Å². The van der Waals surface area contributed by atoms with Crippen molar-refractivity contribution in [2.45, 2.75) is 11.4 Å². The van der Waals surface area contributed by atoms with Gasteiger partial charge in [0.05, 0.1) is 18.6 Å². The number of carbonyl (C=O) groups is 1. The maximum atomic E-state index is 12.1. The molecule has 1 N–H and O–H groups in total. The number of carbonyl (C=O) groups excluding carboxylic acids is 1. The molecular formula is C27H25N3O2S. The second-order valence-electron chi connectivity index (χ2n) is 7.44. The Hall–Kier alpha value is -3.64. The van der Waals surface area contributed by atoms with Crippen LogP contribution in [0, 0.1) is 0 Å². The van der Waals surface area contributed by atoms with Gasteiger partial charge in [-0.3, -0.25) is 4.79 Å². The molecule has 1 aromatic heterocycles. The van der Waals surface area contributed by atoms with Crippen molar-refractivity contribution in [3.63, 3.8) is 0 Å². The molecule has 6 heteroatoms. The summed E-state index contributed by atoms with van der Waals surface area (Å²) in [5.41, 5.74) is 5.32. The van der Waals surface area contributed by atoms with Crippen LogP contribution in [0.15, 0.2) is 96.0 Å². The van der Waals surface area contributed by atoms with Crippen LogP contribution in [0.2, 0.25) is 0 Å². The third kappa shape index (κ3) is 6.43. The Kier molecular flexibility index (Phi) is 7.72. The van der Waals surface area contributed by atoms with E-state index in [0.717, 1.165) is 39.6 Å². The van der Waals surface area contributed by atoms with Gasteiger partial charge in [-0.05, 0) is 47.4 Å². The van der Waals surface area contributed by atoms with Crippen molar-refractivity contribution in [3.05, 3.63) is 96.6 Å². The zero-order valence-electron chi connectivity index (χ0n) is 18.4. The molecule has 0 spiro atoms. The van der Waals surface area contributed by atoms with Crippen LogP contribution in [0.3, 0.4) is 0 Å². The molecule has 1 heterocycles. The first-order chi connectivity index (χ1) is 16.2. The summed E-state index contributed by atoms with van der Waals surface area (Å²) in [5, 5.41) is 12.3.